The van der Waals surface area contributed by atoms with Gasteiger partial charge in [-0.1, -0.05) is 23.7 Å². The number of hydrogen-bond donors (Lipinski definition) is 1. The first kappa shape index (κ1) is 14.8. The highest BCUT2D eigenvalue weighted by Crippen LogP contribution is 2.19. The Kier molecular flexibility index (Phi) is 4.24. The molecule has 0 aliphatic carbocycles. The van der Waals surface area contributed by atoms with Crippen LogP contribution in [0.3, 0.4) is 0 Å². The Bertz CT molecular complexity index is 603. The van der Waals surface area contributed by atoms with E-state index in [0.29, 0.717) is 30.4 Å². The summed E-state index contributed by atoms with van der Waals surface area (Å²) >= 11 is 5.79. The molecule has 1 unspecified atom stereocenters. The number of rotatable bonds is 4. The molecule has 1 aliphatic heterocycles. The second-order valence-corrected chi connectivity index (χ2v) is 5.67. The predicted octanol–water partition coefficient (Wildman–Crippen LogP) is 3.09. The van der Waals surface area contributed by atoms with Crippen LogP contribution < -0.4 is 5.32 Å². The molecule has 3 rings (SSSR count). The van der Waals surface area contributed by atoms with Crippen LogP contribution in [0.5, 0.6) is 0 Å². The zero-order valence-electron chi connectivity index (χ0n) is 11.8. The van der Waals surface area contributed by atoms with Gasteiger partial charge in [0.2, 0.25) is 5.91 Å². The SMILES string of the molecule is O=C1C(Nc2ccc(Cl)cn2)CCN1Cc1ccc(F)cc1. The molecule has 1 fully saturated rings. The van der Waals surface area contributed by atoms with Crippen LogP contribution in [0, 0.1) is 5.82 Å². The number of carbonyl (C=O) groups excluding carboxylic acids is 1. The third-order valence-electron chi connectivity index (χ3n) is 3.63. The van der Waals surface area contributed by atoms with E-state index in [1.54, 1.807) is 35.4 Å². The molecule has 1 aliphatic rings. The molecule has 1 atom stereocenters. The van der Waals surface area contributed by atoms with Gasteiger partial charge < -0.3 is 10.2 Å². The Morgan fingerprint density at radius 1 is 1.27 bits per heavy atom. The first-order chi connectivity index (χ1) is 10.6. The standard InChI is InChI=1S/C16H15ClFN3O/c17-12-3-6-15(19-9-12)20-14-7-8-21(16(14)22)10-11-1-4-13(18)5-2-11/h1-6,9,14H,7-8,10H2,(H,19,20). The summed E-state index contributed by atoms with van der Waals surface area (Å²) in [4.78, 5) is 18.3. The molecule has 0 radical (unpaired) electrons. The summed E-state index contributed by atoms with van der Waals surface area (Å²) in [5.41, 5.74) is 0.917. The molecule has 2 aromatic rings. The van der Waals surface area contributed by atoms with Gasteiger partial charge in [0.1, 0.15) is 17.7 Å². The zero-order valence-corrected chi connectivity index (χ0v) is 12.6. The normalized spacial score (nSPS) is 17.8. The number of aromatic nitrogens is 1. The molecule has 0 spiro atoms. The molecule has 6 heteroatoms. The third kappa shape index (κ3) is 3.36. The van der Waals surface area contributed by atoms with Crippen LogP contribution >= 0.6 is 11.6 Å². The summed E-state index contributed by atoms with van der Waals surface area (Å²) in [5.74, 6) is 0.386. The number of nitrogens with zero attached hydrogens (tertiary/aromatic N) is 2. The van der Waals surface area contributed by atoms with Crippen LogP contribution in [0.25, 0.3) is 0 Å². The van der Waals surface area contributed by atoms with Crippen LogP contribution in [0.2, 0.25) is 5.02 Å². The van der Waals surface area contributed by atoms with Gasteiger partial charge in [-0.3, -0.25) is 4.79 Å². The Labute approximate surface area is 132 Å². The summed E-state index contributed by atoms with van der Waals surface area (Å²) in [6, 6.07) is 9.40. The molecule has 22 heavy (non-hydrogen) atoms. The first-order valence-electron chi connectivity index (χ1n) is 7.03. The lowest BCUT2D eigenvalue weighted by molar-refractivity contribution is -0.128. The van der Waals surface area contributed by atoms with Crippen molar-refractivity contribution in [1.29, 1.82) is 0 Å². The molecule has 1 N–H and O–H groups in total. The van der Waals surface area contributed by atoms with Crippen molar-refractivity contribution < 1.29 is 9.18 Å². The Morgan fingerprint density at radius 3 is 2.73 bits per heavy atom. The van der Waals surface area contributed by atoms with Gasteiger partial charge in [-0.2, -0.15) is 0 Å². The van der Waals surface area contributed by atoms with Crippen molar-refractivity contribution in [3.63, 3.8) is 0 Å². The summed E-state index contributed by atoms with van der Waals surface area (Å²) in [5, 5.41) is 3.68. The molecule has 2 heterocycles. The molecule has 1 aromatic heterocycles. The van der Waals surface area contributed by atoms with Crippen LogP contribution in [0.1, 0.15) is 12.0 Å². The highest BCUT2D eigenvalue weighted by atomic mass is 35.5. The molecule has 0 saturated carbocycles. The molecule has 0 bridgehead atoms. The van der Waals surface area contributed by atoms with E-state index in [2.05, 4.69) is 10.3 Å². The number of hydrogen-bond acceptors (Lipinski definition) is 3. The second-order valence-electron chi connectivity index (χ2n) is 5.23. The van der Waals surface area contributed by atoms with Crippen molar-refractivity contribution in [3.05, 3.63) is 59.0 Å². The highest BCUT2D eigenvalue weighted by Gasteiger charge is 2.31. The Hall–Kier alpha value is -2.14. The molecular formula is C16H15ClFN3O. The first-order valence-corrected chi connectivity index (χ1v) is 7.41. The zero-order chi connectivity index (χ0) is 15.5. The fourth-order valence-corrected chi connectivity index (χ4v) is 2.59. The summed E-state index contributed by atoms with van der Waals surface area (Å²) in [7, 11) is 0. The van der Waals surface area contributed by atoms with Crippen molar-refractivity contribution in [2.75, 3.05) is 11.9 Å². The maximum atomic E-state index is 12.9. The number of anilines is 1. The van der Waals surface area contributed by atoms with E-state index in [0.717, 1.165) is 5.56 Å². The average Bonchev–Trinajstić information content (AvgIpc) is 2.85. The second kappa shape index (κ2) is 6.32. The van der Waals surface area contributed by atoms with Gasteiger partial charge in [0, 0.05) is 19.3 Å². The van der Waals surface area contributed by atoms with Crippen LogP contribution in [0.4, 0.5) is 10.2 Å². The molecule has 4 nitrogen and oxygen atoms in total. The Balaban J connectivity index is 1.62. The minimum absolute atomic E-state index is 0.0288. The lowest BCUT2D eigenvalue weighted by Gasteiger charge is -2.17. The number of likely N-dealkylation sites (tertiary alicyclic amines) is 1. The lowest BCUT2D eigenvalue weighted by atomic mass is 10.2. The van der Waals surface area contributed by atoms with E-state index in [4.69, 9.17) is 11.6 Å². The minimum atomic E-state index is -0.283. The monoisotopic (exact) mass is 319 g/mol. The number of halogens is 2. The number of carbonyl (C=O) groups is 1. The molecule has 1 saturated heterocycles. The molecular weight excluding hydrogens is 305 g/mol. The van der Waals surface area contributed by atoms with E-state index in [1.165, 1.54) is 12.1 Å². The minimum Gasteiger partial charge on any atom is -0.358 e. The van der Waals surface area contributed by atoms with Crippen molar-refractivity contribution in [3.8, 4) is 0 Å². The van der Waals surface area contributed by atoms with Crippen molar-refractivity contribution >= 4 is 23.3 Å². The maximum absolute atomic E-state index is 12.9. The lowest BCUT2D eigenvalue weighted by Crippen LogP contribution is -2.33. The van der Waals surface area contributed by atoms with Crippen molar-refractivity contribution in [2.24, 2.45) is 0 Å². The highest BCUT2D eigenvalue weighted by molar-refractivity contribution is 6.30. The Morgan fingerprint density at radius 2 is 2.05 bits per heavy atom. The van der Waals surface area contributed by atoms with E-state index < -0.39 is 0 Å². The fraction of sp³-hybridized carbons (Fsp3) is 0.250. The summed E-state index contributed by atoms with van der Waals surface area (Å²) in [6.45, 7) is 1.16. The predicted molar refractivity (Wildman–Crippen MR) is 83.1 cm³/mol. The number of amides is 1. The third-order valence-corrected chi connectivity index (χ3v) is 3.86. The van der Waals surface area contributed by atoms with Crippen LogP contribution in [0.15, 0.2) is 42.6 Å². The van der Waals surface area contributed by atoms with Gasteiger partial charge in [-0.15, -0.1) is 0 Å². The van der Waals surface area contributed by atoms with Gasteiger partial charge in [0.15, 0.2) is 0 Å². The number of pyridine rings is 1. The topological polar surface area (TPSA) is 45.2 Å². The summed E-state index contributed by atoms with van der Waals surface area (Å²) in [6.07, 6.45) is 2.25. The van der Waals surface area contributed by atoms with Gasteiger partial charge in [-0.05, 0) is 36.2 Å². The fourth-order valence-electron chi connectivity index (χ4n) is 2.48. The largest absolute Gasteiger partial charge is 0.358 e. The van der Waals surface area contributed by atoms with Crippen LogP contribution in [-0.4, -0.2) is 28.4 Å². The summed E-state index contributed by atoms with van der Waals surface area (Å²) < 4.78 is 12.9. The van der Waals surface area contributed by atoms with Crippen molar-refractivity contribution in [1.82, 2.24) is 9.88 Å². The van der Waals surface area contributed by atoms with E-state index >= 15 is 0 Å². The van der Waals surface area contributed by atoms with E-state index in [9.17, 15) is 9.18 Å². The quantitative estimate of drug-likeness (QED) is 0.942. The van der Waals surface area contributed by atoms with Gasteiger partial charge in [0.05, 0.1) is 5.02 Å². The smallest absolute Gasteiger partial charge is 0.245 e. The molecule has 1 amide bonds. The van der Waals surface area contributed by atoms with Gasteiger partial charge in [-0.25, -0.2) is 9.37 Å². The molecule has 1 aromatic carbocycles. The van der Waals surface area contributed by atoms with Crippen molar-refractivity contribution in [2.45, 2.75) is 19.0 Å². The number of benzene rings is 1. The van der Waals surface area contributed by atoms with E-state index in [-0.39, 0.29) is 17.8 Å². The maximum Gasteiger partial charge on any atom is 0.245 e. The van der Waals surface area contributed by atoms with Gasteiger partial charge >= 0.3 is 0 Å². The van der Waals surface area contributed by atoms with Gasteiger partial charge in [0.25, 0.3) is 0 Å². The molecule has 114 valence electrons. The van der Waals surface area contributed by atoms with E-state index in [1.807, 2.05) is 0 Å². The van der Waals surface area contributed by atoms with Crippen LogP contribution in [-0.2, 0) is 11.3 Å². The average molecular weight is 320 g/mol. The number of nitrogens with one attached hydrogen (secondary N) is 1.